The van der Waals surface area contributed by atoms with E-state index in [0.717, 1.165) is 0 Å². The summed E-state index contributed by atoms with van der Waals surface area (Å²) >= 11 is 5.46. The summed E-state index contributed by atoms with van der Waals surface area (Å²) < 4.78 is 0. The number of nitrogens with one attached hydrogen (secondary N) is 1. The molecule has 0 spiro atoms. The lowest BCUT2D eigenvalue weighted by atomic mass is 9.99. The van der Waals surface area contributed by atoms with Gasteiger partial charge in [-0.2, -0.15) is 0 Å². The van der Waals surface area contributed by atoms with E-state index in [-0.39, 0.29) is 11.4 Å². The predicted molar refractivity (Wildman–Crippen MR) is 50.3 cm³/mol. The van der Waals surface area contributed by atoms with Crippen LogP contribution in [0.25, 0.3) is 0 Å². The van der Waals surface area contributed by atoms with E-state index in [2.05, 4.69) is 19.2 Å². The minimum absolute atomic E-state index is 0.0247. The number of hydrogen-bond donors (Lipinski definition) is 1. The molecule has 0 bridgehead atoms. The van der Waals surface area contributed by atoms with Gasteiger partial charge in [-0.1, -0.05) is 0 Å². The smallest absolute Gasteiger partial charge is 0.221 e. The molecular weight excluding hydrogens is 174 g/mol. The monoisotopic (exact) mass is 189 g/mol. The quantitative estimate of drug-likeness (QED) is 0.673. The summed E-state index contributed by atoms with van der Waals surface area (Å²) in [6.45, 7) is 4.16. The summed E-state index contributed by atoms with van der Waals surface area (Å²) in [6, 6.07) is 0. The molecule has 1 rings (SSSR count). The van der Waals surface area contributed by atoms with Gasteiger partial charge in [-0.15, -0.1) is 11.6 Å². The maximum Gasteiger partial charge on any atom is 0.221 e. The standard InChI is InChI=1S/C9H16ClNO/c1-9(2,7-3-4-7)11-8(12)5-6-10/h7H,3-6H2,1-2H3,(H,11,12). The largest absolute Gasteiger partial charge is 0.351 e. The fourth-order valence-corrected chi connectivity index (χ4v) is 1.59. The Balaban J connectivity index is 2.32. The second kappa shape index (κ2) is 3.65. The summed E-state index contributed by atoms with van der Waals surface area (Å²) in [6.07, 6.45) is 2.92. The van der Waals surface area contributed by atoms with Crippen LogP contribution in [0.5, 0.6) is 0 Å². The first kappa shape index (κ1) is 9.85. The van der Waals surface area contributed by atoms with E-state index in [1.54, 1.807) is 0 Å². The van der Waals surface area contributed by atoms with Crippen LogP contribution in [0.15, 0.2) is 0 Å². The average Bonchev–Trinajstić information content (AvgIpc) is 2.65. The van der Waals surface area contributed by atoms with Crippen molar-refractivity contribution >= 4 is 17.5 Å². The van der Waals surface area contributed by atoms with Crippen LogP contribution in [0.1, 0.15) is 33.1 Å². The molecule has 1 fully saturated rings. The molecule has 1 aliphatic rings. The highest BCUT2D eigenvalue weighted by molar-refractivity contribution is 6.18. The third-order valence-electron chi connectivity index (χ3n) is 2.38. The maximum absolute atomic E-state index is 11.2. The minimum atomic E-state index is -0.0247. The Morgan fingerprint density at radius 2 is 2.17 bits per heavy atom. The molecular formula is C9H16ClNO. The Morgan fingerprint density at radius 1 is 1.58 bits per heavy atom. The summed E-state index contributed by atoms with van der Waals surface area (Å²) in [5.41, 5.74) is -0.0247. The van der Waals surface area contributed by atoms with Crippen molar-refractivity contribution in [1.29, 1.82) is 0 Å². The zero-order valence-corrected chi connectivity index (χ0v) is 8.45. The van der Waals surface area contributed by atoms with E-state index in [4.69, 9.17) is 11.6 Å². The van der Waals surface area contributed by atoms with Crippen LogP contribution in [0.3, 0.4) is 0 Å². The zero-order chi connectivity index (χ0) is 9.19. The van der Waals surface area contributed by atoms with E-state index >= 15 is 0 Å². The highest BCUT2D eigenvalue weighted by Gasteiger charge is 2.38. The van der Waals surface area contributed by atoms with Gasteiger partial charge < -0.3 is 5.32 Å². The van der Waals surface area contributed by atoms with Crippen molar-refractivity contribution in [3.63, 3.8) is 0 Å². The van der Waals surface area contributed by atoms with Crippen LogP contribution in [0.2, 0.25) is 0 Å². The lowest BCUT2D eigenvalue weighted by molar-refractivity contribution is -0.122. The van der Waals surface area contributed by atoms with Crippen molar-refractivity contribution < 1.29 is 4.79 Å². The Morgan fingerprint density at radius 3 is 2.58 bits per heavy atom. The minimum Gasteiger partial charge on any atom is -0.351 e. The van der Waals surface area contributed by atoms with Crippen LogP contribution in [0.4, 0.5) is 0 Å². The molecule has 3 heteroatoms. The second-order valence-corrected chi connectivity index (χ2v) is 4.36. The van der Waals surface area contributed by atoms with Gasteiger partial charge >= 0.3 is 0 Å². The van der Waals surface area contributed by atoms with E-state index in [1.807, 2.05) is 0 Å². The van der Waals surface area contributed by atoms with Crippen molar-refractivity contribution in [1.82, 2.24) is 5.32 Å². The van der Waals surface area contributed by atoms with Gasteiger partial charge in [0.25, 0.3) is 0 Å². The van der Waals surface area contributed by atoms with Gasteiger partial charge in [0.05, 0.1) is 0 Å². The molecule has 0 saturated heterocycles. The third kappa shape index (κ3) is 2.67. The Labute approximate surface area is 78.7 Å². The van der Waals surface area contributed by atoms with Crippen LogP contribution < -0.4 is 5.32 Å². The fourth-order valence-electron chi connectivity index (χ4n) is 1.41. The Kier molecular flexibility index (Phi) is 2.99. The fraction of sp³-hybridized carbons (Fsp3) is 0.889. The van der Waals surface area contributed by atoms with Crippen LogP contribution in [0, 0.1) is 5.92 Å². The van der Waals surface area contributed by atoms with Crippen molar-refractivity contribution in [3.05, 3.63) is 0 Å². The number of carbonyl (C=O) groups excluding carboxylic acids is 1. The first-order chi connectivity index (χ1) is 5.56. The number of halogens is 1. The van der Waals surface area contributed by atoms with E-state index in [9.17, 15) is 4.79 Å². The van der Waals surface area contributed by atoms with Crippen LogP contribution in [-0.4, -0.2) is 17.3 Å². The number of alkyl halides is 1. The van der Waals surface area contributed by atoms with Gasteiger partial charge in [0.2, 0.25) is 5.91 Å². The first-order valence-electron chi connectivity index (χ1n) is 4.43. The number of hydrogen-bond acceptors (Lipinski definition) is 1. The molecule has 0 aliphatic heterocycles. The van der Waals surface area contributed by atoms with Gasteiger partial charge in [0.15, 0.2) is 0 Å². The lowest BCUT2D eigenvalue weighted by Gasteiger charge is -2.25. The van der Waals surface area contributed by atoms with E-state index < -0.39 is 0 Å². The molecule has 1 N–H and O–H groups in total. The molecule has 0 aromatic carbocycles. The maximum atomic E-state index is 11.2. The van der Waals surface area contributed by atoms with Crippen LogP contribution in [-0.2, 0) is 4.79 Å². The number of rotatable bonds is 4. The average molecular weight is 190 g/mol. The molecule has 0 atom stereocenters. The van der Waals surface area contributed by atoms with Gasteiger partial charge in [0, 0.05) is 17.8 Å². The van der Waals surface area contributed by atoms with E-state index in [0.29, 0.717) is 18.2 Å². The highest BCUT2D eigenvalue weighted by Crippen LogP contribution is 2.39. The summed E-state index contributed by atoms with van der Waals surface area (Å²) in [4.78, 5) is 11.2. The van der Waals surface area contributed by atoms with Gasteiger partial charge in [-0.3, -0.25) is 4.79 Å². The SMILES string of the molecule is CC(C)(NC(=O)CCCl)C1CC1. The molecule has 1 aliphatic carbocycles. The molecule has 2 nitrogen and oxygen atoms in total. The Hall–Kier alpha value is -0.240. The number of carbonyl (C=O) groups is 1. The summed E-state index contributed by atoms with van der Waals surface area (Å²) in [5, 5.41) is 3.00. The molecule has 0 aromatic rings. The predicted octanol–water partition coefficient (Wildman–Crippen LogP) is 1.92. The normalized spacial score (nSPS) is 17.6. The van der Waals surface area contributed by atoms with Crippen molar-refractivity contribution in [2.24, 2.45) is 5.92 Å². The molecule has 1 saturated carbocycles. The van der Waals surface area contributed by atoms with Crippen molar-refractivity contribution in [2.75, 3.05) is 5.88 Å². The Bertz CT molecular complexity index is 175. The lowest BCUT2D eigenvalue weighted by Crippen LogP contribution is -2.45. The molecule has 0 radical (unpaired) electrons. The third-order valence-corrected chi connectivity index (χ3v) is 2.57. The zero-order valence-electron chi connectivity index (χ0n) is 7.69. The second-order valence-electron chi connectivity index (χ2n) is 3.98. The summed E-state index contributed by atoms with van der Waals surface area (Å²) in [7, 11) is 0. The molecule has 0 heterocycles. The first-order valence-corrected chi connectivity index (χ1v) is 4.96. The topological polar surface area (TPSA) is 29.1 Å². The molecule has 0 unspecified atom stereocenters. The number of amides is 1. The van der Waals surface area contributed by atoms with Gasteiger partial charge in [-0.05, 0) is 32.6 Å². The molecule has 1 amide bonds. The van der Waals surface area contributed by atoms with Crippen LogP contribution >= 0.6 is 11.6 Å². The van der Waals surface area contributed by atoms with E-state index in [1.165, 1.54) is 12.8 Å². The van der Waals surface area contributed by atoms with Gasteiger partial charge in [-0.25, -0.2) is 0 Å². The van der Waals surface area contributed by atoms with Crippen molar-refractivity contribution in [2.45, 2.75) is 38.6 Å². The molecule has 12 heavy (non-hydrogen) atoms. The highest BCUT2D eigenvalue weighted by atomic mass is 35.5. The van der Waals surface area contributed by atoms with Gasteiger partial charge in [0.1, 0.15) is 0 Å². The molecule has 0 aromatic heterocycles. The summed E-state index contributed by atoms with van der Waals surface area (Å²) in [5.74, 6) is 1.16. The van der Waals surface area contributed by atoms with Crippen molar-refractivity contribution in [3.8, 4) is 0 Å². The molecule has 70 valence electrons.